The summed E-state index contributed by atoms with van der Waals surface area (Å²) in [5.74, 6) is 0.287. The molecule has 0 saturated heterocycles. The molecule has 3 rings (SSSR count). The van der Waals surface area contributed by atoms with E-state index in [2.05, 4.69) is 39.4 Å². The summed E-state index contributed by atoms with van der Waals surface area (Å²) in [6.07, 6.45) is 5.70. The van der Waals surface area contributed by atoms with Crippen molar-refractivity contribution in [2.45, 2.75) is 38.0 Å². The molecule has 2 aliphatic carbocycles. The molecule has 1 atom stereocenters. The van der Waals surface area contributed by atoms with Crippen LogP contribution >= 0.6 is 15.9 Å². The number of aryl methyl sites for hydroxylation is 1. The van der Waals surface area contributed by atoms with E-state index in [0.29, 0.717) is 5.41 Å². The van der Waals surface area contributed by atoms with Gasteiger partial charge in [0.1, 0.15) is 0 Å². The van der Waals surface area contributed by atoms with Crippen LogP contribution in [0.5, 0.6) is 0 Å². The summed E-state index contributed by atoms with van der Waals surface area (Å²) in [7, 11) is 0. The second-order valence-electron chi connectivity index (χ2n) is 6.00. The molecule has 0 radical (unpaired) electrons. The SMILES string of the molecule is O=C(NCC1(CBr)CC1)C1CCCc2ccccc21. The van der Waals surface area contributed by atoms with Gasteiger partial charge in [-0.3, -0.25) is 4.79 Å². The predicted octanol–water partition coefficient (Wildman–Crippen LogP) is 3.40. The fourth-order valence-corrected chi connectivity index (χ4v) is 3.72. The molecule has 1 aromatic carbocycles. The Hall–Kier alpha value is -0.830. The first-order valence-corrected chi connectivity index (χ1v) is 8.28. The van der Waals surface area contributed by atoms with Gasteiger partial charge < -0.3 is 5.32 Å². The van der Waals surface area contributed by atoms with E-state index in [0.717, 1.165) is 31.1 Å². The Morgan fingerprint density at radius 3 is 2.89 bits per heavy atom. The number of halogens is 1. The molecule has 1 saturated carbocycles. The third-order valence-electron chi connectivity index (χ3n) is 4.56. The van der Waals surface area contributed by atoms with E-state index in [1.807, 2.05) is 6.07 Å². The summed E-state index contributed by atoms with van der Waals surface area (Å²) < 4.78 is 0. The maximum absolute atomic E-state index is 12.4. The first-order valence-electron chi connectivity index (χ1n) is 7.16. The zero-order chi connectivity index (χ0) is 13.3. The molecule has 2 nitrogen and oxygen atoms in total. The number of fused-ring (bicyclic) bond motifs is 1. The molecular weight excluding hydrogens is 302 g/mol. The maximum Gasteiger partial charge on any atom is 0.227 e. The number of amides is 1. The summed E-state index contributed by atoms with van der Waals surface area (Å²) in [5, 5.41) is 4.18. The topological polar surface area (TPSA) is 29.1 Å². The highest BCUT2D eigenvalue weighted by Gasteiger charge is 2.42. The Bertz CT molecular complexity index is 481. The molecule has 0 heterocycles. The molecule has 0 spiro atoms. The van der Waals surface area contributed by atoms with Gasteiger partial charge in [0, 0.05) is 11.9 Å². The molecule has 3 heteroatoms. The molecule has 1 N–H and O–H groups in total. The predicted molar refractivity (Wildman–Crippen MR) is 80.6 cm³/mol. The number of alkyl halides is 1. The molecule has 1 amide bonds. The standard InChI is InChI=1S/C16H20BrNO/c17-10-16(8-9-16)11-18-15(19)14-7-3-5-12-4-1-2-6-13(12)14/h1-2,4,6,14H,3,5,7-11H2,(H,18,19). The monoisotopic (exact) mass is 321 g/mol. The lowest BCUT2D eigenvalue weighted by atomic mass is 9.82. The van der Waals surface area contributed by atoms with Gasteiger partial charge in [-0.15, -0.1) is 0 Å². The molecule has 0 aliphatic heterocycles. The van der Waals surface area contributed by atoms with Crippen LogP contribution in [0.3, 0.4) is 0 Å². The van der Waals surface area contributed by atoms with Crippen LogP contribution in [0.15, 0.2) is 24.3 Å². The molecule has 1 unspecified atom stereocenters. The van der Waals surface area contributed by atoms with Crippen molar-refractivity contribution in [2.24, 2.45) is 5.41 Å². The highest BCUT2D eigenvalue weighted by molar-refractivity contribution is 9.09. The average molecular weight is 322 g/mol. The van der Waals surface area contributed by atoms with Gasteiger partial charge >= 0.3 is 0 Å². The molecule has 0 bridgehead atoms. The first kappa shape index (κ1) is 13.2. The Balaban J connectivity index is 1.67. The summed E-state index contributed by atoms with van der Waals surface area (Å²) in [4.78, 5) is 12.4. The lowest BCUT2D eigenvalue weighted by Gasteiger charge is -2.25. The summed E-state index contributed by atoms with van der Waals surface area (Å²) in [5.41, 5.74) is 2.95. The minimum atomic E-state index is 0.0658. The Kier molecular flexibility index (Phi) is 3.66. The normalized spacial score (nSPS) is 23.5. The van der Waals surface area contributed by atoms with E-state index in [1.54, 1.807) is 0 Å². The molecule has 0 aromatic heterocycles. The van der Waals surface area contributed by atoms with Crippen molar-refractivity contribution in [3.8, 4) is 0 Å². The number of carbonyl (C=O) groups is 1. The van der Waals surface area contributed by atoms with Gasteiger partial charge in [0.25, 0.3) is 0 Å². The van der Waals surface area contributed by atoms with Gasteiger partial charge in [0.2, 0.25) is 5.91 Å². The lowest BCUT2D eigenvalue weighted by molar-refractivity contribution is -0.123. The van der Waals surface area contributed by atoms with E-state index in [1.165, 1.54) is 24.0 Å². The molecule has 1 aromatic rings. The van der Waals surface area contributed by atoms with Crippen molar-refractivity contribution in [1.82, 2.24) is 5.32 Å². The number of hydrogen-bond acceptors (Lipinski definition) is 1. The smallest absolute Gasteiger partial charge is 0.227 e. The maximum atomic E-state index is 12.4. The Morgan fingerprint density at radius 2 is 2.16 bits per heavy atom. The minimum Gasteiger partial charge on any atom is -0.355 e. The highest BCUT2D eigenvalue weighted by Crippen LogP contribution is 2.46. The van der Waals surface area contributed by atoms with Crippen molar-refractivity contribution < 1.29 is 4.79 Å². The highest BCUT2D eigenvalue weighted by atomic mass is 79.9. The van der Waals surface area contributed by atoms with Crippen molar-refractivity contribution in [1.29, 1.82) is 0 Å². The van der Waals surface area contributed by atoms with Crippen LogP contribution in [0.4, 0.5) is 0 Å². The molecule has 102 valence electrons. The van der Waals surface area contributed by atoms with Crippen LogP contribution in [0.1, 0.15) is 42.7 Å². The third kappa shape index (κ3) is 2.71. The second-order valence-corrected chi connectivity index (χ2v) is 6.56. The average Bonchev–Trinajstić information content (AvgIpc) is 3.25. The summed E-state index contributed by atoms with van der Waals surface area (Å²) in [6.45, 7) is 0.829. The number of nitrogens with one attached hydrogen (secondary N) is 1. The van der Waals surface area contributed by atoms with Crippen LogP contribution in [0.25, 0.3) is 0 Å². The zero-order valence-electron chi connectivity index (χ0n) is 11.1. The van der Waals surface area contributed by atoms with Gasteiger partial charge in [0.15, 0.2) is 0 Å². The largest absolute Gasteiger partial charge is 0.355 e. The van der Waals surface area contributed by atoms with Crippen LogP contribution in [-0.2, 0) is 11.2 Å². The van der Waals surface area contributed by atoms with Crippen LogP contribution in [0, 0.1) is 5.41 Å². The zero-order valence-corrected chi connectivity index (χ0v) is 12.7. The summed E-state index contributed by atoms with van der Waals surface area (Å²) >= 11 is 3.55. The van der Waals surface area contributed by atoms with Gasteiger partial charge in [0.05, 0.1) is 5.92 Å². The first-order chi connectivity index (χ1) is 9.24. The van der Waals surface area contributed by atoms with Crippen molar-refractivity contribution in [3.05, 3.63) is 35.4 Å². The van der Waals surface area contributed by atoms with Crippen LogP contribution < -0.4 is 5.32 Å². The number of rotatable bonds is 4. The molecular formula is C16H20BrNO. The Morgan fingerprint density at radius 1 is 1.37 bits per heavy atom. The van der Waals surface area contributed by atoms with Crippen molar-refractivity contribution >= 4 is 21.8 Å². The van der Waals surface area contributed by atoms with Gasteiger partial charge in [-0.2, -0.15) is 0 Å². The second kappa shape index (κ2) is 5.28. The quantitative estimate of drug-likeness (QED) is 0.846. The number of hydrogen-bond donors (Lipinski definition) is 1. The minimum absolute atomic E-state index is 0.0658. The molecule has 2 aliphatic rings. The van der Waals surface area contributed by atoms with E-state index >= 15 is 0 Å². The fraction of sp³-hybridized carbons (Fsp3) is 0.562. The van der Waals surface area contributed by atoms with E-state index < -0.39 is 0 Å². The van der Waals surface area contributed by atoms with Crippen molar-refractivity contribution in [3.63, 3.8) is 0 Å². The van der Waals surface area contributed by atoms with Crippen molar-refractivity contribution in [2.75, 3.05) is 11.9 Å². The third-order valence-corrected chi connectivity index (χ3v) is 5.75. The molecule has 1 fully saturated rings. The van der Waals surface area contributed by atoms with Gasteiger partial charge in [-0.05, 0) is 48.6 Å². The van der Waals surface area contributed by atoms with E-state index in [9.17, 15) is 4.79 Å². The van der Waals surface area contributed by atoms with Crippen LogP contribution in [-0.4, -0.2) is 17.8 Å². The van der Waals surface area contributed by atoms with Crippen LogP contribution in [0.2, 0.25) is 0 Å². The Labute approximate surface area is 123 Å². The summed E-state index contributed by atoms with van der Waals surface area (Å²) in [6, 6.07) is 8.40. The van der Waals surface area contributed by atoms with E-state index in [-0.39, 0.29) is 11.8 Å². The van der Waals surface area contributed by atoms with Gasteiger partial charge in [-0.1, -0.05) is 40.2 Å². The lowest BCUT2D eigenvalue weighted by Crippen LogP contribution is -2.35. The molecule has 19 heavy (non-hydrogen) atoms. The van der Waals surface area contributed by atoms with Gasteiger partial charge in [-0.25, -0.2) is 0 Å². The number of benzene rings is 1. The number of carbonyl (C=O) groups excluding carboxylic acids is 1. The van der Waals surface area contributed by atoms with E-state index in [4.69, 9.17) is 0 Å². The fourth-order valence-electron chi connectivity index (χ4n) is 2.96.